The Hall–Kier alpha value is -1.52. The van der Waals surface area contributed by atoms with Crippen molar-refractivity contribution in [2.24, 2.45) is 0 Å². The second-order valence-electron chi connectivity index (χ2n) is 5.17. The molecule has 0 fully saturated rings. The lowest BCUT2D eigenvalue weighted by Gasteiger charge is -2.26. The van der Waals surface area contributed by atoms with Crippen molar-refractivity contribution in [3.8, 4) is 0 Å². The lowest BCUT2D eigenvalue weighted by molar-refractivity contribution is 0.0551. The fourth-order valence-electron chi connectivity index (χ4n) is 2.09. The summed E-state index contributed by atoms with van der Waals surface area (Å²) in [5.41, 5.74) is 0.512. The fourth-order valence-corrected chi connectivity index (χ4v) is 2.31. The van der Waals surface area contributed by atoms with Gasteiger partial charge in [0.2, 0.25) is 0 Å². The predicted octanol–water partition coefficient (Wildman–Crippen LogP) is 3.32. The first-order valence-electron chi connectivity index (χ1n) is 6.57. The van der Waals surface area contributed by atoms with E-state index in [2.05, 4.69) is 0 Å². The fraction of sp³-hybridized carbons (Fsp3) is 0.400. The third-order valence-electron chi connectivity index (χ3n) is 3.05. The van der Waals surface area contributed by atoms with Gasteiger partial charge in [-0.25, -0.2) is 0 Å². The van der Waals surface area contributed by atoms with Gasteiger partial charge < -0.3 is 14.4 Å². The number of para-hydroxylation sites is 1. The van der Waals surface area contributed by atoms with Gasteiger partial charge in [0.1, 0.15) is 0 Å². The first kappa shape index (κ1) is 14.9. The first-order chi connectivity index (χ1) is 9.40. The summed E-state index contributed by atoms with van der Waals surface area (Å²) in [6.07, 6.45) is -0.589. The monoisotopic (exact) mass is 295 g/mol. The zero-order valence-corrected chi connectivity index (χ0v) is 12.5. The van der Waals surface area contributed by atoms with Crippen LogP contribution < -0.4 is 0 Å². The Kier molecular flexibility index (Phi) is 4.35. The highest BCUT2D eigenvalue weighted by Gasteiger charge is 2.23. The van der Waals surface area contributed by atoms with Gasteiger partial charge >= 0.3 is 0 Å². The molecule has 4 nitrogen and oxygen atoms in total. The van der Waals surface area contributed by atoms with Crippen molar-refractivity contribution >= 4 is 28.5 Å². The second-order valence-corrected chi connectivity index (χ2v) is 5.58. The molecule has 1 N–H and O–H groups in total. The van der Waals surface area contributed by atoms with Crippen LogP contribution in [0.15, 0.2) is 28.7 Å². The number of carbonyl (C=O) groups excluding carboxylic acids is 1. The normalized spacial score (nSPS) is 12.9. The molecule has 1 aromatic carbocycles. The Labute approximate surface area is 122 Å². The highest BCUT2D eigenvalue weighted by Crippen LogP contribution is 2.27. The van der Waals surface area contributed by atoms with Gasteiger partial charge in [-0.1, -0.05) is 23.7 Å². The van der Waals surface area contributed by atoms with Gasteiger partial charge in [0, 0.05) is 18.0 Å². The number of benzene rings is 1. The minimum Gasteiger partial charge on any atom is -0.449 e. The quantitative estimate of drug-likeness (QED) is 0.941. The number of halogens is 1. The van der Waals surface area contributed by atoms with Crippen LogP contribution in [0.3, 0.4) is 0 Å². The molecule has 1 aromatic heterocycles. The summed E-state index contributed by atoms with van der Waals surface area (Å²) in [6.45, 7) is 5.71. The number of amides is 1. The van der Waals surface area contributed by atoms with E-state index in [4.69, 9.17) is 16.0 Å². The average Bonchev–Trinajstić information content (AvgIpc) is 2.80. The summed E-state index contributed by atoms with van der Waals surface area (Å²) < 4.78 is 5.57. The van der Waals surface area contributed by atoms with Crippen molar-refractivity contribution in [2.75, 3.05) is 6.54 Å². The molecule has 1 atom stereocenters. The minimum absolute atomic E-state index is 0.0271. The molecule has 1 amide bonds. The summed E-state index contributed by atoms with van der Waals surface area (Å²) in [5.74, 6) is -0.00406. The highest BCUT2D eigenvalue weighted by atomic mass is 35.5. The largest absolute Gasteiger partial charge is 0.449 e. The molecule has 0 aliphatic rings. The number of aliphatic hydroxyl groups excluding tert-OH is 1. The summed E-state index contributed by atoms with van der Waals surface area (Å²) in [6, 6.07) is 7.03. The molecule has 0 saturated heterocycles. The Bertz CT molecular complexity index is 619. The van der Waals surface area contributed by atoms with E-state index >= 15 is 0 Å². The molecular weight excluding hydrogens is 278 g/mol. The molecule has 0 spiro atoms. The Morgan fingerprint density at radius 1 is 1.40 bits per heavy atom. The maximum Gasteiger partial charge on any atom is 0.289 e. The van der Waals surface area contributed by atoms with Crippen LogP contribution in [-0.4, -0.2) is 34.6 Å². The number of hydrogen-bond donors (Lipinski definition) is 1. The number of fused-ring (bicyclic) bond motifs is 1. The van der Waals surface area contributed by atoms with E-state index in [1.807, 2.05) is 26.0 Å². The van der Waals surface area contributed by atoms with Crippen LogP contribution in [-0.2, 0) is 0 Å². The third kappa shape index (κ3) is 2.97. The van der Waals surface area contributed by atoms with E-state index in [0.717, 1.165) is 5.39 Å². The summed E-state index contributed by atoms with van der Waals surface area (Å²) in [5, 5.41) is 10.8. The number of aliphatic hydroxyl groups is 1. The molecule has 0 saturated carbocycles. The molecule has 2 aromatic rings. The van der Waals surface area contributed by atoms with Gasteiger partial charge in [0.25, 0.3) is 5.91 Å². The van der Waals surface area contributed by atoms with E-state index < -0.39 is 6.10 Å². The van der Waals surface area contributed by atoms with Gasteiger partial charge in [0.05, 0.1) is 11.1 Å². The zero-order chi connectivity index (χ0) is 14.9. The van der Waals surface area contributed by atoms with Crippen LogP contribution in [0.1, 0.15) is 31.3 Å². The minimum atomic E-state index is -0.589. The van der Waals surface area contributed by atoms with Crippen LogP contribution in [0.2, 0.25) is 5.02 Å². The molecule has 108 valence electrons. The van der Waals surface area contributed by atoms with E-state index in [1.165, 1.54) is 0 Å². The zero-order valence-electron chi connectivity index (χ0n) is 11.8. The summed E-state index contributed by atoms with van der Waals surface area (Å²) in [7, 11) is 0. The van der Waals surface area contributed by atoms with Crippen LogP contribution >= 0.6 is 11.6 Å². The van der Waals surface area contributed by atoms with Crippen LogP contribution in [0.25, 0.3) is 11.0 Å². The molecule has 0 bridgehead atoms. The summed E-state index contributed by atoms with van der Waals surface area (Å²) >= 11 is 6.04. The molecule has 1 unspecified atom stereocenters. The maximum atomic E-state index is 12.5. The number of rotatable bonds is 4. The van der Waals surface area contributed by atoms with Gasteiger partial charge in [-0.3, -0.25) is 4.79 Å². The van der Waals surface area contributed by atoms with Gasteiger partial charge in [0.15, 0.2) is 11.3 Å². The number of furan rings is 1. The number of carbonyl (C=O) groups is 1. The second kappa shape index (κ2) is 5.85. The molecular formula is C15H18ClNO3. The van der Waals surface area contributed by atoms with Gasteiger partial charge in [-0.2, -0.15) is 0 Å². The third-order valence-corrected chi connectivity index (χ3v) is 3.35. The van der Waals surface area contributed by atoms with Crippen molar-refractivity contribution in [3.63, 3.8) is 0 Å². The maximum absolute atomic E-state index is 12.5. The lowest BCUT2D eigenvalue weighted by Crippen LogP contribution is -2.41. The van der Waals surface area contributed by atoms with Gasteiger partial charge in [-0.05, 0) is 32.9 Å². The van der Waals surface area contributed by atoms with Crippen molar-refractivity contribution in [1.29, 1.82) is 0 Å². The first-order valence-corrected chi connectivity index (χ1v) is 6.95. The Morgan fingerprint density at radius 2 is 2.10 bits per heavy atom. The topological polar surface area (TPSA) is 53.7 Å². The number of hydrogen-bond acceptors (Lipinski definition) is 3. The predicted molar refractivity (Wildman–Crippen MR) is 79.1 cm³/mol. The van der Waals surface area contributed by atoms with E-state index in [1.54, 1.807) is 24.0 Å². The molecule has 2 rings (SSSR count). The molecule has 0 radical (unpaired) electrons. The van der Waals surface area contributed by atoms with Crippen LogP contribution in [0.5, 0.6) is 0 Å². The molecule has 1 heterocycles. The lowest BCUT2D eigenvalue weighted by atomic mass is 10.2. The summed E-state index contributed by atoms with van der Waals surface area (Å²) in [4.78, 5) is 14.1. The smallest absolute Gasteiger partial charge is 0.289 e. The molecule has 0 aliphatic carbocycles. The average molecular weight is 296 g/mol. The van der Waals surface area contributed by atoms with E-state index in [0.29, 0.717) is 10.6 Å². The van der Waals surface area contributed by atoms with Crippen molar-refractivity contribution in [1.82, 2.24) is 4.90 Å². The SMILES string of the molecule is CC(O)CN(C(=O)c1cc2cccc(Cl)c2o1)C(C)C. The van der Waals surface area contributed by atoms with E-state index in [-0.39, 0.29) is 24.3 Å². The Balaban J connectivity index is 2.36. The van der Waals surface area contributed by atoms with Crippen molar-refractivity contribution < 1.29 is 14.3 Å². The Morgan fingerprint density at radius 3 is 2.65 bits per heavy atom. The number of nitrogens with zero attached hydrogens (tertiary/aromatic N) is 1. The highest BCUT2D eigenvalue weighted by molar-refractivity contribution is 6.34. The van der Waals surface area contributed by atoms with Crippen molar-refractivity contribution in [3.05, 3.63) is 35.0 Å². The van der Waals surface area contributed by atoms with Crippen LogP contribution in [0, 0.1) is 0 Å². The van der Waals surface area contributed by atoms with Crippen LogP contribution in [0.4, 0.5) is 0 Å². The van der Waals surface area contributed by atoms with Gasteiger partial charge in [-0.15, -0.1) is 0 Å². The van der Waals surface area contributed by atoms with Crippen molar-refractivity contribution in [2.45, 2.75) is 32.9 Å². The molecule has 5 heteroatoms. The molecule has 20 heavy (non-hydrogen) atoms. The van der Waals surface area contributed by atoms with E-state index in [9.17, 15) is 9.90 Å². The molecule has 0 aliphatic heterocycles. The standard InChI is InChI=1S/C15H18ClNO3/c1-9(2)17(8-10(3)18)15(19)13-7-11-5-4-6-12(16)14(11)20-13/h4-7,9-10,18H,8H2,1-3H3.